The van der Waals surface area contributed by atoms with Crippen LogP contribution < -0.4 is 10.1 Å². The fraction of sp³-hybridized carbons (Fsp3) is 0.286. The van der Waals surface area contributed by atoms with Gasteiger partial charge in [-0.05, 0) is 48.6 Å². The fourth-order valence-corrected chi connectivity index (χ4v) is 3.73. The van der Waals surface area contributed by atoms with Crippen molar-refractivity contribution < 1.29 is 31.6 Å². The van der Waals surface area contributed by atoms with E-state index in [1.54, 1.807) is 24.5 Å². The van der Waals surface area contributed by atoms with E-state index in [1.165, 1.54) is 6.07 Å². The van der Waals surface area contributed by atoms with Gasteiger partial charge in [-0.25, -0.2) is 8.78 Å². The van der Waals surface area contributed by atoms with E-state index in [2.05, 4.69) is 10.3 Å². The van der Waals surface area contributed by atoms with Gasteiger partial charge in [0.25, 0.3) is 0 Å². The number of hydrogen-bond donors (Lipinski definition) is 1. The predicted octanol–water partition coefficient (Wildman–Crippen LogP) is 5.14. The summed E-state index contributed by atoms with van der Waals surface area (Å²) in [6.07, 6.45) is -1.99. The third-order valence-electron chi connectivity index (χ3n) is 5.39. The average Bonchev–Trinajstić information content (AvgIpc) is 2.70. The summed E-state index contributed by atoms with van der Waals surface area (Å²) in [6.45, 7) is 0.208. The van der Waals surface area contributed by atoms with E-state index in [0.717, 1.165) is 11.5 Å². The molecule has 0 saturated heterocycles. The minimum absolute atomic E-state index is 0.127. The molecule has 0 bridgehead atoms. The second-order valence-electron chi connectivity index (χ2n) is 7.44. The molecule has 1 aliphatic carbocycles. The Morgan fingerprint density at radius 1 is 1.12 bits per heavy atom. The molecule has 0 unspecified atom stereocenters. The van der Waals surface area contributed by atoms with E-state index in [1.807, 2.05) is 0 Å². The van der Waals surface area contributed by atoms with E-state index in [9.17, 15) is 32.1 Å². The molecule has 0 aliphatic heterocycles. The van der Waals surface area contributed by atoms with Crippen LogP contribution in [0, 0.1) is 21.7 Å². The predicted molar refractivity (Wildman–Crippen MR) is 104 cm³/mol. The summed E-state index contributed by atoms with van der Waals surface area (Å²) in [6, 6.07) is 5.87. The number of halogens is 5. The molecule has 11 heteroatoms. The highest BCUT2D eigenvalue weighted by Gasteiger charge is 2.44. The highest BCUT2D eigenvalue weighted by atomic mass is 19.4. The van der Waals surface area contributed by atoms with Gasteiger partial charge in [0.1, 0.15) is 17.7 Å². The summed E-state index contributed by atoms with van der Waals surface area (Å²) in [5.74, 6) is -2.76. The van der Waals surface area contributed by atoms with Crippen LogP contribution >= 0.6 is 0 Å². The largest absolute Gasteiger partial charge is 0.483 e. The Morgan fingerprint density at radius 3 is 2.53 bits per heavy atom. The van der Waals surface area contributed by atoms with Crippen molar-refractivity contribution in [3.8, 4) is 5.75 Å². The van der Waals surface area contributed by atoms with Crippen molar-refractivity contribution in [3.05, 3.63) is 75.6 Å². The third-order valence-corrected chi connectivity index (χ3v) is 5.39. The lowest BCUT2D eigenvalue weighted by molar-refractivity contribution is -0.389. The number of hydrogen-bond acceptors (Lipinski definition) is 5. The van der Waals surface area contributed by atoms with Crippen molar-refractivity contribution in [2.75, 3.05) is 0 Å². The van der Waals surface area contributed by atoms with Crippen molar-refractivity contribution in [2.45, 2.75) is 37.7 Å². The SMILES string of the molecule is O=[N+]([O-])c1c(O[C@H]2C[C@H](NCc3c(F)ccc4cnccc34)C2)ccc(F)c1C(F)(F)F. The van der Waals surface area contributed by atoms with Crippen molar-refractivity contribution >= 4 is 16.5 Å². The van der Waals surface area contributed by atoms with Crippen molar-refractivity contribution in [1.29, 1.82) is 0 Å². The van der Waals surface area contributed by atoms with E-state index >= 15 is 0 Å². The number of aromatic nitrogens is 1. The van der Waals surface area contributed by atoms with Crippen LogP contribution in [0.25, 0.3) is 10.8 Å². The van der Waals surface area contributed by atoms with E-state index in [-0.39, 0.29) is 18.4 Å². The second kappa shape index (κ2) is 8.30. The first-order valence-corrected chi connectivity index (χ1v) is 9.60. The molecule has 1 aromatic heterocycles. The van der Waals surface area contributed by atoms with Crippen LogP contribution in [0.1, 0.15) is 24.0 Å². The van der Waals surface area contributed by atoms with Gasteiger partial charge in [0, 0.05) is 35.9 Å². The molecule has 0 atom stereocenters. The zero-order valence-electron chi connectivity index (χ0n) is 16.3. The first-order chi connectivity index (χ1) is 15.1. The van der Waals surface area contributed by atoms with Crippen LogP contribution in [-0.4, -0.2) is 22.1 Å². The zero-order valence-corrected chi connectivity index (χ0v) is 16.3. The van der Waals surface area contributed by atoms with Crippen molar-refractivity contribution in [3.63, 3.8) is 0 Å². The molecule has 1 heterocycles. The molecule has 6 nitrogen and oxygen atoms in total. The standard InChI is InChI=1S/C21H16F5N3O3/c22-16-2-1-11-9-27-6-5-14(11)15(16)10-28-12-7-13(8-12)32-18-4-3-17(23)19(21(24,25)26)20(18)29(30)31/h1-6,9,12-13,28H,7-8,10H2/t12-,13-. The van der Waals surface area contributed by atoms with E-state index in [4.69, 9.17) is 4.74 Å². The first-order valence-electron chi connectivity index (χ1n) is 9.60. The highest BCUT2D eigenvalue weighted by Crippen LogP contribution is 2.44. The molecular weight excluding hydrogens is 437 g/mol. The molecule has 0 radical (unpaired) electrons. The molecule has 0 spiro atoms. The molecule has 1 fully saturated rings. The maximum Gasteiger partial charge on any atom is 0.426 e. The van der Waals surface area contributed by atoms with Gasteiger partial charge < -0.3 is 10.1 Å². The molecule has 1 N–H and O–H groups in total. The van der Waals surface area contributed by atoms with Gasteiger partial charge in [0.2, 0.25) is 0 Å². The van der Waals surface area contributed by atoms with Crippen LogP contribution in [0.5, 0.6) is 5.75 Å². The monoisotopic (exact) mass is 453 g/mol. The van der Waals surface area contributed by atoms with Gasteiger partial charge in [-0.3, -0.25) is 15.1 Å². The molecule has 1 aliphatic rings. The van der Waals surface area contributed by atoms with E-state index < -0.39 is 40.0 Å². The molecule has 168 valence electrons. The summed E-state index contributed by atoms with van der Waals surface area (Å²) in [5, 5.41) is 15.8. The van der Waals surface area contributed by atoms with Crippen LogP contribution in [-0.2, 0) is 12.7 Å². The number of ether oxygens (including phenoxy) is 1. The molecule has 2 aromatic carbocycles. The number of benzene rings is 2. The Labute approximate surface area is 178 Å². The van der Waals surface area contributed by atoms with Crippen LogP contribution in [0.2, 0.25) is 0 Å². The van der Waals surface area contributed by atoms with Crippen molar-refractivity contribution in [1.82, 2.24) is 10.3 Å². The Kier molecular flexibility index (Phi) is 5.68. The number of alkyl halides is 3. The number of nitrogens with zero attached hydrogens (tertiary/aromatic N) is 2. The summed E-state index contributed by atoms with van der Waals surface area (Å²) < 4.78 is 72.6. The minimum atomic E-state index is -5.24. The smallest absolute Gasteiger partial charge is 0.426 e. The lowest BCUT2D eigenvalue weighted by Crippen LogP contribution is -2.46. The summed E-state index contributed by atoms with van der Waals surface area (Å²) in [7, 11) is 0. The Balaban J connectivity index is 1.43. The van der Waals surface area contributed by atoms with Crippen LogP contribution in [0.15, 0.2) is 42.7 Å². The van der Waals surface area contributed by atoms with E-state index in [0.29, 0.717) is 29.9 Å². The quantitative estimate of drug-likeness (QED) is 0.318. The normalized spacial score (nSPS) is 18.4. The second-order valence-corrected chi connectivity index (χ2v) is 7.44. The van der Waals surface area contributed by atoms with Gasteiger partial charge in [-0.2, -0.15) is 13.2 Å². The topological polar surface area (TPSA) is 77.3 Å². The van der Waals surface area contributed by atoms with Gasteiger partial charge in [-0.15, -0.1) is 0 Å². The number of nitro benzene ring substituents is 1. The number of nitrogens with one attached hydrogen (secondary N) is 1. The Morgan fingerprint density at radius 2 is 1.84 bits per heavy atom. The lowest BCUT2D eigenvalue weighted by atomic mass is 9.88. The zero-order chi connectivity index (χ0) is 23.0. The maximum atomic E-state index is 14.3. The molecule has 32 heavy (non-hydrogen) atoms. The molecule has 3 aromatic rings. The molecule has 0 amide bonds. The number of nitro groups is 1. The average molecular weight is 453 g/mol. The Bertz CT molecular complexity index is 1180. The molecule has 1 saturated carbocycles. The number of fused-ring (bicyclic) bond motifs is 1. The minimum Gasteiger partial charge on any atom is -0.483 e. The third kappa shape index (κ3) is 4.20. The Hall–Kier alpha value is -3.34. The summed E-state index contributed by atoms with van der Waals surface area (Å²) in [4.78, 5) is 13.9. The van der Waals surface area contributed by atoms with Gasteiger partial charge in [0.05, 0.1) is 4.92 Å². The highest BCUT2D eigenvalue weighted by molar-refractivity contribution is 5.84. The summed E-state index contributed by atoms with van der Waals surface area (Å²) in [5.41, 5.74) is -2.95. The van der Waals surface area contributed by atoms with Crippen LogP contribution in [0.4, 0.5) is 27.6 Å². The van der Waals surface area contributed by atoms with Crippen molar-refractivity contribution in [2.24, 2.45) is 0 Å². The lowest BCUT2D eigenvalue weighted by Gasteiger charge is -2.36. The first kappa shape index (κ1) is 21.9. The van der Waals surface area contributed by atoms with Gasteiger partial charge >= 0.3 is 11.9 Å². The number of rotatable bonds is 6. The fourth-order valence-electron chi connectivity index (χ4n) is 3.73. The van der Waals surface area contributed by atoms with Crippen LogP contribution in [0.3, 0.4) is 0 Å². The molecular formula is C21H16F5N3O3. The maximum absolute atomic E-state index is 14.3. The molecule has 4 rings (SSSR count). The number of pyridine rings is 1. The van der Waals surface area contributed by atoms with Gasteiger partial charge in [-0.1, -0.05) is 0 Å². The summed E-state index contributed by atoms with van der Waals surface area (Å²) >= 11 is 0. The van der Waals surface area contributed by atoms with Gasteiger partial charge in [0.15, 0.2) is 11.3 Å².